The lowest BCUT2D eigenvalue weighted by molar-refractivity contribution is -0.138. The normalized spacial score (nSPS) is 21.6. The van der Waals surface area contributed by atoms with Crippen molar-refractivity contribution < 1.29 is 14.3 Å². The summed E-state index contributed by atoms with van der Waals surface area (Å²) in [6.45, 7) is 2.47. The third kappa shape index (κ3) is 3.93. The Bertz CT molecular complexity index is 253. The first-order valence-electron chi connectivity index (χ1n) is 5.93. The number of Topliss-reactive ketones (excluding diaryl/α,β-unsaturated/α-hetero) is 1. The Hall–Kier alpha value is -0.900. The topological polar surface area (TPSA) is 46.6 Å². The maximum absolute atomic E-state index is 11.8. The number of carbonyl (C=O) groups excluding carboxylic acids is 2. The summed E-state index contributed by atoms with van der Waals surface area (Å²) in [6.07, 6.45) is 4.70. The van der Waals surface area contributed by atoms with Crippen molar-refractivity contribution in [2.24, 2.45) is 0 Å². The molecule has 0 aromatic rings. The van der Waals surface area contributed by atoms with Crippen LogP contribution >= 0.6 is 0 Å². The Balaban J connectivity index is 2.64. The van der Waals surface area contributed by atoms with Crippen LogP contribution in [0.4, 0.5) is 0 Å². The van der Waals surface area contributed by atoms with Gasteiger partial charge in [0, 0.05) is 26.1 Å². The minimum Gasteiger partial charge on any atom is -0.375 e. The fraction of sp³-hybridized carbons (Fsp3) is 0.833. The van der Waals surface area contributed by atoms with Gasteiger partial charge in [-0.3, -0.25) is 9.59 Å². The molecular weight excluding hydrogens is 206 g/mol. The van der Waals surface area contributed by atoms with Crippen molar-refractivity contribution >= 4 is 11.7 Å². The lowest BCUT2D eigenvalue weighted by Gasteiger charge is -2.29. The molecule has 1 heterocycles. The number of hydrogen-bond acceptors (Lipinski definition) is 3. The molecule has 1 unspecified atom stereocenters. The predicted octanol–water partition coefficient (Wildman–Crippen LogP) is 1.38. The molecular formula is C12H21NO3. The van der Waals surface area contributed by atoms with Gasteiger partial charge in [0.25, 0.3) is 0 Å². The monoisotopic (exact) mass is 227 g/mol. The van der Waals surface area contributed by atoms with Crippen LogP contribution in [0.1, 0.15) is 39.0 Å². The molecule has 1 aliphatic heterocycles. The minimum absolute atomic E-state index is 0.00986. The van der Waals surface area contributed by atoms with Gasteiger partial charge in [0.2, 0.25) is 5.91 Å². The van der Waals surface area contributed by atoms with Gasteiger partial charge < -0.3 is 9.64 Å². The van der Waals surface area contributed by atoms with Crippen molar-refractivity contribution in [3.63, 3.8) is 0 Å². The summed E-state index contributed by atoms with van der Waals surface area (Å²) in [5, 5.41) is 0. The first-order chi connectivity index (χ1) is 7.65. The molecule has 1 amide bonds. The molecule has 4 heteroatoms. The van der Waals surface area contributed by atoms with E-state index in [0.717, 1.165) is 32.2 Å². The first-order valence-corrected chi connectivity index (χ1v) is 5.93. The van der Waals surface area contributed by atoms with Gasteiger partial charge >= 0.3 is 0 Å². The number of hydrogen-bond donors (Lipinski definition) is 0. The number of amides is 1. The second kappa shape index (κ2) is 6.63. The number of likely N-dealkylation sites (tertiary alicyclic amines) is 1. The highest BCUT2D eigenvalue weighted by Crippen LogP contribution is 2.19. The van der Waals surface area contributed by atoms with E-state index < -0.39 is 0 Å². The number of rotatable bonds is 4. The molecule has 0 radical (unpaired) electrons. The van der Waals surface area contributed by atoms with Gasteiger partial charge in [-0.1, -0.05) is 12.8 Å². The van der Waals surface area contributed by atoms with Crippen LogP contribution in [0.5, 0.6) is 0 Å². The zero-order chi connectivity index (χ0) is 12.0. The quantitative estimate of drug-likeness (QED) is 0.729. The lowest BCUT2D eigenvalue weighted by atomic mass is 10.0. The van der Waals surface area contributed by atoms with Gasteiger partial charge in [-0.05, 0) is 19.8 Å². The molecule has 0 spiro atoms. The highest BCUT2D eigenvalue weighted by atomic mass is 16.5. The van der Waals surface area contributed by atoms with E-state index in [2.05, 4.69) is 0 Å². The summed E-state index contributed by atoms with van der Waals surface area (Å²) in [4.78, 5) is 24.8. The molecule has 1 rings (SSSR count). The zero-order valence-electron chi connectivity index (χ0n) is 10.2. The largest absolute Gasteiger partial charge is 0.375 e. The Morgan fingerprint density at radius 3 is 2.69 bits per heavy atom. The molecule has 92 valence electrons. The van der Waals surface area contributed by atoms with Crippen LogP contribution in [0.3, 0.4) is 0 Å². The predicted molar refractivity (Wildman–Crippen MR) is 61.1 cm³/mol. The lowest BCUT2D eigenvalue weighted by Crippen LogP contribution is -2.42. The average Bonchev–Trinajstić information content (AvgIpc) is 2.43. The third-order valence-corrected chi connectivity index (χ3v) is 2.99. The van der Waals surface area contributed by atoms with Crippen LogP contribution in [-0.4, -0.2) is 42.9 Å². The molecule has 4 nitrogen and oxygen atoms in total. The van der Waals surface area contributed by atoms with Gasteiger partial charge in [-0.15, -0.1) is 0 Å². The SMILES string of the molecule is COCC(=O)N1CCCCCC1CC(C)=O. The molecule has 0 bridgehead atoms. The number of nitrogens with zero attached hydrogens (tertiary/aromatic N) is 1. The van der Waals surface area contributed by atoms with Crippen molar-refractivity contribution in [2.45, 2.75) is 45.1 Å². The highest BCUT2D eigenvalue weighted by molar-refractivity contribution is 5.80. The Morgan fingerprint density at radius 1 is 1.31 bits per heavy atom. The fourth-order valence-electron chi connectivity index (χ4n) is 2.26. The van der Waals surface area contributed by atoms with Crippen molar-refractivity contribution in [1.82, 2.24) is 4.90 Å². The van der Waals surface area contributed by atoms with Crippen molar-refractivity contribution in [3.05, 3.63) is 0 Å². The van der Waals surface area contributed by atoms with E-state index in [1.807, 2.05) is 4.90 Å². The maximum atomic E-state index is 11.8. The molecule has 16 heavy (non-hydrogen) atoms. The number of methoxy groups -OCH3 is 1. The molecule has 0 aliphatic carbocycles. The Labute approximate surface area is 96.9 Å². The number of ketones is 1. The van der Waals surface area contributed by atoms with E-state index in [1.165, 1.54) is 7.11 Å². The van der Waals surface area contributed by atoms with Crippen LogP contribution in [0.15, 0.2) is 0 Å². The van der Waals surface area contributed by atoms with Gasteiger partial charge in [0.15, 0.2) is 0 Å². The second-order valence-corrected chi connectivity index (χ2v) is 4.43. The average molecular weight is 227 g/mol. The zero-order valence-corrected chi connectivity index (χ0v) is 10.2. The second-order valence-electron chi connectivity index (χ2n) is 4.43. The van der Waals surface area contributed by atoms with E-state index in [1.54, 1.807) is 6.92 Å². The summed E-state index contributed by atoms with van der Waals surface area (Å²) < 4.78 is 4.87. The Morgan fingerprint density at radius 2 is 2.06 bits per heavy atom. The molecule has 0 N–H and O–H groups in total. The van der Waals surface area contributed by atoms with Crippen LogP contribution < -0.4 is 0 Å². The summed E-state index contributed by atoms with van der Waals surface area (Å²) in [5.74, 6) is 0.165. The molecule has 0 aromatic heterocycles. The van der Waals surface area contributed by atoms with Crippen LogP contribution in [0, 0.1) is 0 Å². The maximum Gasteiger partial charge on any atom is 0.248 e. The first kappa shape index (κ1) is 13.2. The van der Waals surface area contributed by atoms with Crippen molar-refractivity contribution in [3.8, 4) is 0 Å². The van der Waals surface area contributed by atoms with Crippen molar-refractivity contribution in [2.75, 3.05) is 20.3 Å². The smallest absolute Gasteiger partial charge is 0.248 e. The molecule has 0 aromatic carbocycles. The van der Waals surface area contributed by atoms with Crippen molar-refractivity contribution in [1.29, 1.82) is 0 Å². The summed E-state index contributed by atoms with van der Waals surface area (Å²) >= 11 is 0. The standard InChI is InChI=1S/C12H21NO3/c1-10(14)8-11-6-4-3-5-7-13(11)12(15)9-16-2/h11H,3-9H2,1-2H3. The molecule has 1 fully saturated rings. The van der Waals surface area contributed by atoms with E-state index in [0.29, 0.717) is 6.42 Å². The number of carbonyl (C=O) groups is 2. The molecule has 0 saturated carbocycles. The van der Waals surface area contributed by atoms with Crippen LogP contribution in [0.25, 0.3) is 0 Å². The van der Waals surface area contributed by atoms with E-state index >= 15 is 0 Å². The highest BCUT2D eigenvalue weighted by Gasteiger charge is 2.25. The van der Waals surface area contributed by atoms with Gasteiger partial charge in [-0.25, -0.2) is 0 Å². The van der Waals surface area contributed by atoms with E-state index in [-0.39, 0.29) is 24.3 Å². The molecule has 1 atom stereocenters. The van der Waals surface area contributed by atoms with Gasteiger partial charge in [-0.2, -0.15) is 0 Å². The minimum atomic E-state index is 0.00986. The summed E-state index contributed by atoms with van der Waals surface area (Å²) in [5.41, 5.74) is 0. The van der Waals surface area contributed by atoms with E-state index in [9.17, 15) is 9.59 Å². The molecule has 1 saturated heterocycles. The molecule has 1 aliphatic rings. The van der Waals surface area contributed by atoms with Crippen LogP contribution in [-0.2, 0) is 14.3 Å². The Kier molecular flexibility index (Phi) is 5.46. The summed E-state index contributed by atoms with van der Waals surface area (Å²) in [6, 6.07) is 0.0858. The van der Waals surface area contributed by atoms with Gasteiger partial charge in [0.1, 0.15) is 12.4 Å². The van der Waals surface area contributed by atoms with Gasteiger partial charge in [0.05, 0.1) is 0 Å². The third-order valence-electron chi connectivity index (χ3n) is 2.99. The summed E-state index contributed by atoms with van der Waals surface area (Å²) in [7, 11) is 1.52. The van der Waals surface area contributed by atoms with Crippen LogP contribution in [0.2, 0.25) is 0 Å². The number of ether oxygens (including phenoxy) is 1. The van der Waals surface area contributed by atoms with E-state index in [4.69, 9.17) is 4.74 Å². The fourth-order valence-corrected chi connectivity index (χ4v) is 2.26.